The molecule has 2 aromatic carbocycles. The molecule has 1 aromatic heterocycles. The summed E-state index contributed by atoms with van der Waals surface area (Å²) in [5.74, 6) is -0.0498. The summed E-state index contributed by atoms with van der Waals surface area (Å²) < 4.78 is 35.1. The first-order chi connectivity index (χ1) is 12.1. The fourth-order valence-electron chi connectivity index (χ4n) is 2.43. The van der Waals surface area contributed by atoms with Gasteiger partial charge in [0.15, 0.2) is 0 Å². The number of benzene rings is 2. The lowest BCUT2D eigenvalue weighted by Gasteiger charge is -2.23. The Balaban J connectivity index is 1.97. The first kappa shape index (κ1) is 16.7. The van der Waals surface area contributed by atoms with Gasteiger partial charge in [0.1, 0.15) is 11.5 Å². The van der Waals surface area contributed by atoms with Crippen molar-refractivity contribution in [1.82, 2.24) is 0 Å². The quantitative estimate of drug-likeness (QED) is 0.650. The van der Waals surface area contributed by atoms with Crippen molar-refractivity contribution < 1.29 is 22.7 Å². The van der Waals surface area contributed by atoms with E-state index < -0.39 is 12.5 Å². The summed E-state index contributed by atoms with van der Waals surface area (Å²) in [4.78, 5) is 14.5. The van der Waals surface area contributed by atoms with Crippen molar-refractivity contribution in [2.45, 2.75) is 13.2 Å². The monoisotopic (exact) mass is 343 g/mol. The van der Waals surface area contributed by atoms with Gasteiger partial charge in [0, 0.05) is 5.69 Å². The number of furan rings is 1. The van der Waals surface area contributed by atoms with E-state index in [-0.39, 0.29) is 17.9 Å². The number of alkyl halides is 2. The molecule has 1 amide bonds. The van der Waals surface area contributed by atoms with Gasteiger partial charge in [-0.1, -0.05) is 30.3 Å². The zero-order valence-corrected chi connectivity index (χ0v) is 13.1. The number of para-hydroxylation sites is 2. The molecule has 1 heterocycles. The third-order valence-electron chi connectivity index (χ3n) is 3.54. The second-order valence-corrected chi connectivity index (χ2v) is 5.18. The highest BCUT2D eigenvalue weighted by Gasteiger charge is 2.23. The van der Waals surface area contributed by atoms with Gasteiger partial charge in [-0.3, -0.25) is 4.79 Å². The number of ether oxygens (including phenoxy) is 1. The lowest BCUT2D eigenvalue weighted by atomic mass is 10.1. The van der Waals surface area contributed by atoms with Crippen molar-refractivity contribution in [3.63, 3.8) is 0 Å². The zero-order valence-electron chi connectivity index (χ0n) is 13.1. The number of anilines is 1. The molecule has 0 fully saturated rings. The van der Waals surface area contributed by atoms with Crippen molar-refractivity contribution in [2.24, 2.45) is 0 Å². The smallest absolute Gasteiger partial charge is 0.387 e. The van der Waals surface area contributed by atoms with Gasteiger partial charge in [-0.15, -0.1) is 0 Å². The molecule has 0 aliphatic rings. The number of rotatable bonds is 6. The zero-order chi connectivity index (χ0) is 17.6. The van der Waals surface area contributed by atoms with Gasteiger partial charge in [0.05, 0.1) is 18.4 Å². The Morgan fingerprint density at radius 1 is 1.00 bits per heavy atom. The second kappa shape index (κ2) is 7.61. The van der Waals surface area contributed by atoms with E-state index in [0.717, 1.165) is 0 Å². The molecule has 0 atom stereocenters. The summed E-state index contributed by atoms with van der Waals surface area (Å²) in [6.45, 7) is -2.84. The highest BCUT2D eigenvalue weighted by atomic mass is 19.3. The van der Waals surface area contributed by atoms with E-state index in [9.17, 15) is 13.6 Å². The maximum atomic E-state index is 13.0. The molecule has 3 aromatic rings. The van der Waals surface area contributed by atoms with E-state index in [0.29, 0.717) is 11.4 Å². The lowest BCUT2D eigenvalue weighted by molar-refractivity contribution is -0.0501. The van der Waals surface area contributed by atoms with Gasteiger partial charge < -0.3 is 14.1 Å². The van der Waals surface area contributed by atoms with Crippen LogP contribution in [-0.4, -0.2) is 12.5 Å². The SMILES string of the molecule is O=C(c1ccccc1OC(F)F)N(Cc1ccco1)c1ccccc1. The predicted octanol–water partition coefficient (Wildman–Crippen LogP) is 4.73. The number of carbonyl (C=O) groups excluding carboxylic acids is 1. The molecule has 0 saturated heterocycles. The molecule has 0 aliphatic heterocycles. The summed E-state index contributed by atoms with van der Waals surface area (Å²) in [5, 5.41) is 0. The lowest BCUT2D eigenvalue weighted by Crippen LogP contribution is -2.30. The molecule has 0 aliphatic carbocycles. The Bertz CT molecular complexity index is 820. The maximum absolute atomic E-state index is 13.0. The van der Waals surface area contributed by atoms with Gasteiger partial charge in [0.2, 0.25) is 0 Å². The Morgan fingerprint density at radius 3 is 2.40 bits per heavy atom. The first-order valence-corrected chi connectivity index (χ1v) is 7.58. The minimum Gasteiger partial charge on any atom is -0.467 e. The van der Waals surface area contributed by atoms with Crippen LogP contribution in [0.2, 0.25) is 0 Å². The van der Waals surface area contributed by atoms with Crippen molar-refractivity contribution in [3.05, 3.63) is 84.3 Å². The van der Waals surface area contributed by atoms with Crippen LogP contribution in [0.1, 0.15) is 16.1 Å². The summed E-state index contributed by atoms with van der Waals surface area (Å²) in [5.41, 5.74) is 0.675. The van der Waals surface area contributed by atoms with Gasteiger partial charge >= 0.3 is 6.61 Å². The highest BCUT2D eigenvalue weighted by Crippen LogP contribution is 2.26. The van der Waals surface area contributed by atoms with E-state index in [1.807, 2.05) is 6.07 Å². The fourth-order valence-corrected chi connectivity index (χ4v) is 2.43. The fraction of sp³-hybridized carbons (Fsp3) is 0.105. The van der Waals surface area contributed by atoms with Gasteiger partial charge in [0.25, 0.3) is 5.91 Å². The number of halogens is 2. The highest BCUT2D eigenvalue weighted by molar-refractivity contribution is 6.07. The Kier molecular flexibility index (Phi) is 5.09. The molecular weight excluding hydrogens is 328 g/mol. The largest absolute Gasteiger partial charge is 0.467 e. The second-order valence-electron chi connectivity index (χ2n) is 5.18. The van der Waals surface area contributed by atoms with Gasteiger partial charge in [-0.25, -0.2) is 0 Å². The number of hydrogen-bond donors (Lipinski definition) is 0. The number of amides is 1. The van der Waals surface area contributed by atoms with Crippen molar-refractivity contribution in [2.75, 3.05) is 4.90 Å². The maximum Gasteiger partial charge on any atom is 0.387 e. The molecule has 0 bridgehead atoms. The van der Waals surface area contributed by atoms with E-state index in [1.165, 1.54) is 29.4 Å². The van der Waals surface area contributed by atoms with E-state index >= 15 is 0 Å². The number of nitrogens with zero attached hydrogens (tertiary/aromatic N) is 1. The van der Waals surface area contributed by atoms with Gasteiger partial charge in [-0.05, 0) is 36.4 Å². The van der Waals surface area contributed by atoms with E-state index in [1.54, 1.807) is 42.5 Å². The van der Waals surface area contributed by atoms with Crippen molar-refractivity contribution in [1.29, 1.82) is 0 Å². The van der Waals surface area contributed by atoms with Crippen LogP contribution in [0.5, 0.6) is 5.75 Å². The van der Waals surface area contributed by atoms with Crippen molar-refractivity contribution >= 4 is 11.6 Å². The van der Waals surface area contributed by atoms with Crippen LogP contribution >= 0.6 is 0 Å². The van der Waals surface area contributed by atoms with Crippen LogP contribution in [0.25, 0.3) is 0 Å². The third kappa shape index (κ3) is 4.03. The summed E-state index contributed by atoms with van der Waals surface area (Å²) in [6.07, 6.45) is 1.51. The Labute approximate surface area is 143 Å². The standard InChI is InChI=1S/C19H15F2NO3/c20-19(21)25-17-11-5-4-10-16(17)18(23)22(13-15-9-6-12-24-15)14-7-2-1-3-8-14/h1-12,19H,13H2. The predicted molar refractivity (Wildman–Crippen MR) is 88.7 cm³/mol. The van der Waals surface area contributed by atoms with Crippen LogP contribution in [0.3, 0.4) is 0 Å². The van der Waals surface area contributed by atoms with E-state index in [4.69, 9.17) is 4.42 Å². The minimum absolute atomic E-state index is 0.0539. The van der Waals surface area contributed by atoms with Gasteiger partial charge in [-0.2, -0.15) is 8.78 Å². The average Bonchev–Trinajstić information content (AvgIpc) is 3.13. The molecule has 0 N–H and O–H groups in total. The van der Waals surface area contributed by atoms with Crippen LogP contribution in [0, 0.1) is 0 Å². The molecule has 0 spiro atoms. The topological polar surface area (TPSA) is 42.7 Å². The minimum atomic E-state index is -3.01. The van der Waals surface area contributed by atoms with E-state index in [2.05, 4.69) is 4.74 Å². The van der Waals surface area contributed by atoms with Crippen LogP contribution in [-0.2, 0) is 6.54 Å². The molecule has 128 valence electrons. The molecule has 0 saturated carbocycles. The molecule has 0 radical (unpaired) electrons. The summed E-state index contributed by atoms with van der Waals surface area (Å²) >= 11 is 0. The normalized spacial score (nSPS) is 10.7. The molecule has 0 unspecified atom stereocenters. The molecule has 25 heavy (non-hydrogen) atoms. The molecule has 3 rings (SSSR count). The number of carbonyl (C=O) groups is 1. The average molecular weight is 343 g/mol. The van der Waals surface area contributed by atoms with Crippen molar-refractivity contribution in [3.8, 4) is 5.75 Å². The Morgan fingerprint density at radius 2 is 1.72 bits per heavy atom. The molecule has 6 heteroatoms. The van der Waals surface area contributed by atoms with Crippen LogP contribution in [0.15, 0.2) is 77.4 Å². The molecular formula is C19H15F2NO3. The third-order valence-corrected chi connectivity index (χ3v) is 3.54. The van der Waals surface area contributed by atoms with Crippen LogP contribution in [0.4, 0.5) is 14.5 Å². The first-order valence-electron chi connectivity index (χ1n) is 7.58. The molecule has 4 nitrogen and oxygen atoms in total. The number of hydrogen-bond acceptors (Lipinski definition) is 3. The van der Waals surface area contributed by atoms with Crippen LogP contribution < -0.4 is 9.64 Å². The summed E-state index contributed by atoms with van der Waals surface area (Å²) in [6, 6.07) is 18.3. The summed E-state index contributed by atoms with van der Waals surface area (Å²) in [7, 11) is 0. The Hall–Kier alpha value is -3.15.